The van der Waals surface area contributed by atoms with Gasteiger partial charge in [-0.1, -0.05) is 34.6 Å². The van der Waals surface area contributed by atoms with Gasteiger partial charge in [-0.15, -0.1) is 0 Å². The van der Waals surface area contributed by atoms with E-state index in [-0.39, 0.29) is 10.8 Å². The molecule has 142 valence electrons. The summed E-state index contributed by atoms with van der Waals surface area (Å²) in [6.07, 6.45) is 12.2. The Kier molecular flexibility index (Phi) is 4.32. The maximum atomic E-state index is 5.03. The van der Waals surface area contributed by atoms with Gasteiger partial charge in [0, 0.05) is 43.0 Å². The highest BCUT2D eigenvalue weighted by molar-refractivity contribution is 5.27. The van der Waals surface area contributed by atoms with Gasteiger partial charge in [0.15, 0.2) is 0 Å². The molecule has 2 aliphatic heterocycles. The number of aryl methyl sites for hydroxylation is 3. The van der Waals surface area contributed by atoms with Crippen molar-refractivity contribution in [2.45, 2.75) is 97.1 Å². The minimum absolute atomic E-state index is 0.163. The van der Waals surface area contributed by atoms with Crippen molar-refractivity contribution in [2.75, 3.05) is 0 Å². The third-order valence-electron chi connectivity index (χ3n) is 6.53. The molecule has 0 bridgehead atoms. The number of imidazole rings is 1. The van der Waals surface area contributed by atoms with E-state index in [1.807, 2.05) is 0 Å². The molecule has 2 aliphatic rings. The van der Waals surface area contributed by atoms with Crippen LogP contribution in [0.4, 0.5) is 0 Å². The van der Waals surface area contributed by atoms with Gasteiger partial charge in [0.25, 0.3) is 0 Å². The van der Waals surface area contributed by atoms with E-state index in [0.29, 0.717) is 0 Å². The van der Waals surface area contributed by atoms with E-state index in [1.165, 1.54) is 61.4 Å². The maximum absolute atomic E-state index is 5.03. The van der Waals surface area contributed by atoms with Crippen LogP contribution in [-0.2, 0) is 36.8 Å². The number of hydrogen-bond acceptors (Lipinski definition) is 1. The molecule has 4 rings (SSSR count). The third kappa shape index (κ3) is 3.37. The average molecular weight is 354 g/mol. The Hall–Kier alpha value is -1.51. The number of fused-ring (bicyclic) bond motifs is 2. The van der Waals surface area contributed by atoms with Crippen molar-refractivity contribution >= 4 is 0 Å². The largest absolute Gasteiger partial charge is 0.351 e. The topological polar surface area (TPSA) is 22.8 Å². The van der Waals surface area contributed by atoms with E-state index in [0.717, 1.165) is 18.9 Å². The Labute approximate surface area is 158 Å². The number of rotatable bonds is 3. The van der Waals surface area contributed by atoms with Gasteiger partial charge < -0.3 is 9.13 Å². The van der Waals surface area contributed by atoms with Crippen molar-refractivity contribution in [3.8, 4) is 0 Å². The summed E-state index contributed by atoms with van der Waals surface area (Å²) in [4.78, 5) is 5.03. The van der Waals surface area contributed by atoms with Gasteiger partial charge in [-0.2, -0.15) is 0 Å². The van der Waals surface area contributed by atoms with Crippen LogP contribution in [0.1, 0.15) is 83.1 Å². The molecule has 4 heterocycles. The van der Waals surface area contributed by atoms with E-state index in [2.05, 4.69) is 62.2 Å². The minimum atomic E-state index is 0.163. The molecule has 0 aromatic carbocycles. The standard InChI is InChI=1S/C23H35N3/c1-22(2,3)18-13-19-12-17(9-11-25(19)15-18)14-23(4,5)20-16-26-10-7-6-8-21(26)24-20/h13,15-17H,6-12,14H2,1-5H3. The molecule has 3 nitrogen and oxygen atoms in total. The van der Waals surface area contributed by atoms with Gasteiger partial charge in [-0.3, -0.25) is 0 Å². The molecule has 0 saturated heterocycles. The maximum Gasteiger partial charge on any atom is 0.108 e. The highest BCUT2D eigenvalue weighted by Crippen LogP contribution is 2.37. The van der Waals surface area contributed by atoms with Gasteiger partial charge in [-0.25, -0.2) is 4.98 Å². The molecule has 0 N–H and O–H groups in total. The van der Waals surface area contributed by atoms with Gasteiger partial charge in [0.05, 0.1) is 5.69 Å². The number of hydrogen-bond donors (Lipinski definition) is 0. The summed E-state index contributed by atoms with van der Waals surface area (Å²) in [5.74, 6) is 2.07. The van der Waals surface area contributed by atoms with Crippen LogP contribution >= 0.6 is 0 Å². The molecule has 26 heavy (non-hydrogen) atoms. The lowest BCUT2D eigenvalue weighted by atomic mass is 9.77. The fraction of sp³-hybridized carbons (Fsp3) is 0.696. The summed E-state index contributed by atoms with van der Waals surface area (Å²) >= 11 is 0. The normalized spacial score (nSPS) is 20.7. The first-order chi connectivity index (χ1) is 12.2. The first-order valence-electron chi connectivity index (χ1n) is 10.5. The van der Waals surface area contributed by atoms with Crippen LogP contribution in [0.15, 0.2) is 18.5 Å². The molecule has 0 spiro atoms. The van der Waals surface area contributed by atoms with Gasteiger partial charge in [0.2, 0.25) is 0 Å². The summed E-state index contributed by atoms with van der Waals surface area (Å²) in [6.45, 7) is 14.1. The number of aromatic nitrogens is 3. The molecule has 0 fully saturated rings. The molecule has 0 amide bonds. The fourth-order valence-electron chi connectivity index (χ4n) is 4.80. The van der Waals surface area contributed by atoms with Crippen LogP contribution < -0.4 is 0 Å². The Balaban J connectivity index is 1.49. The van der Waals surface area contributed by atoms with Crippen molar-refractivity contribution < 1.29 is 0 Å². The lowest BCUT2D eigenvalue weighted by molar-refractivity contribution is 0.296. The predicted octanol–water partition coefficient (Wildman–Crippen LogP) is 5.25. The monoisotopic (exact) mass is 353 g/mol. The van der Waals surface area contributed by atoms with Crippen LogP contribution in [0.25, 0.3) is 0 Å². The second-order valence-corrected chi connectivity index (χ2v) is 10.3. The van der Waals surface area contributed by atoms with E-state index in [9.17, 15) is 0 Å². The van der Waals surface area contributed by atoms with Crippen LogP contribution in [-0.4, -0.2) is 14.1 Å². The lowest BCUT2D eigenvalue weighted by Gasteiger charge is -2.31. The fourth-order valence-corrected chi connectivity index (χ4v) is 4.80. The summed E-state index contributed by atoms with van der Waals surface area (Å²) in [6, 6.07) is 2.45. The van der Waals surface area contributed by atoms with Gasteiger partial charge >= 0.3 is 0 Å². The zero-order valence-electron chi connectivity index (χ0n) is 17.3. The first-order valence-corrected chi connectivity index (χ1v) is 10.5. The molecule has 2 aromatic heterocycles. The minimum Gasteiger partial charge on any atom is -0.351 e. The van der Waals surface area contributed by atoms with E-state index in [4.69, 9.17) is 4.98 Å². The molecule has 0 aliphatic carbocycles. The molecule has 1 unspecified atom stereocenters. The molecule has 0 saturated carbocycles. The van der Waals surface area contributed by atoms with Gasteiger partial charge in [0.1, 0.15) is 5.82 Å². The van der Waals surface area contributed by atoms with Crippen LogP contribution in [0.2, 0.25) is 0 Å². The van der Waals surface area contributed by atoms with E-state index < -0.39 is 0 Å². The number of nitrogens with zero attached hydrogens (tertiary/aromatic N) is 3. The predicted molar refractivity (Wildman–Crippen MR) is 108 cm³/mol. The van der Waals surface area contributed by atoms with Crippen LogP contribution in [0.3, 0.4) is 0 Å². The summed E-state index contributed by atoms with van der Waals surface area (Å²) in [5, 5.41) is 0. The quantitative estimate of drug-likeness (QED) is 0.739. The van der Waals surface area contributed by atoms with Crippen molar-refractivity contribution in [3.63, 3.8) is 0 Å². The zero-order valence-corrected chi connectivity index (χ0v) is 17.3. The highest BCUT2D eigenvalue weighted by atomic mass is 15.1. The molecule has 1 atom stereocenters. The van der Waals surface area contributed by atoms with E-state index in [1.54, 1.807) is 0 Å². The average Bonchev–Trinajstić information content (AvgIpc) is 3.18. The summed E-state index contributed by atoms with van der Waals surface area (Å²) in [7, 11) is 0. The third-order valence-corrected chi connectivity index (χ3v) is 6.53. The second-order valence-electron chi connectivity index (χ2n) is 10.3. The highest BCUT2D eigenvalue weighted by Gasteiger charge is 2.31. The molecule has 0 radical (unpaired) electrons. The first kappa shape index (κ1) is 17.9. The smallest absolute Gasteiger partial charge is 0.108 e. The Morgan fingerprint density at radius 3 is 2.58 bits per heavy atom. The van der Waals surface area contributed by atoms with E-state index >= 15 is 0 Å². The van der Waals surface area contributed by atoms with Crippen LogP contribution in [0.5, 0.6) is 0 Å². The summed E-state index contributed by atoms with van der Waals surface area (Å²) < 4.78 is 4.90. The lowest BCUT2D eigenvalue weighted by Crippen LogP contribution is -2.27. The zero-order chi connectivity index (χ0) is 18.5. The van der Waals surface area contributed by atoms with Crippen molar-refractivity contribution in [1.82, 2.24) is 14.1 Å². The molecular formula is C23H35N3. The van der Waals surface area contributed by atoms with Crippen LogP contribution in [0, 0.1) is 5.92 Å². The molecular weight excluding hydrogens is 318 g/mol. The Bertz CT molecular complexity index is 761. The second kappa shape index (κ2) is 6.28. The Morgan fingerprint density at radius 1 is 1.04 bits per heavy atom. The molecule has 3 heteroatoms. The van der Waals surface area contributed by atoms with Crippen molar-refractivity contribution in [2.24, 2.45) is 5.92 Å². The SMILES string of the molecule is CC(C)(C)c1cc2n(c1)CCC(CC(C)(C)c1cn3c(n1)CCCC3)C2. The Morgan fingerprint density at radius 2 is 1.85 bits per heavy atom. The van der Waals surface area contributed by atoms with Crippen molar-refractivity contribution in [1.29, 1.82) is 0 Å². The van der Waals surface area contributed by atoms with Gasteiger partial charge in [-0.05, 0) is 55.1 Å². The molecule has 2 aromatic rings. The summed E-state index contributed by atoms with van der Waals surface area (Å²) in [5.41, 5.74) is 4.73. The van der Waals surface area contributed by atoms with Crippen molar-refractivity contribution in [3.05, 3.63) is 41.2 Å².